The molecule has 0 saturated heterocycles. The Morgan fingerprint density at radius 2 is 2.04 bits per heavy atom. The van der Waals surface area contributed by atoms with Gasteiger partial charge in [-0.15, -0.1) is 24.0 Å². The van der Waals surface area contributed by atoms with Crippen molar-refractivity contribution in [2.45, 2.75) is 26.1 Å². The maximum absolute atomic E-state index is 12.2. The molecule has 0 atom stereocenters. The lowest BCUT2D eigenvalue weighted by molar-refractivity contribution is -0.143. The van der Waals surface area contributed by atoms with Crippen LogP contribution in [0.4, 0.5) is 13.2 Å². The lowest BCUT2D eigenvalue weighted by atomic mass is 10.3. The van der Waals surface area contributed by atoms with Crippen LogP contribution in [0.15, 0.2) is 29.4 Å². The molecule has 0 amide bonds. The highest BCUT2D eigenvalue weighted by Gasteiger charge is 2.28. The fourth-order valence-corrected chi connectivity index (χ4v) is 1.93. The van der Waals surface area contributed by atoms with Gasteiger partial charge in [-0.05, 0) is 39.1 Å². The minimum Gasteiger partial charge on any atom is -0.357 e. The van der Waals surface area contributed by atoms with Crippen LogP contribution in [0.25, 0.3) is 0 Å². The fourth-order valence-electron chi connectivity index (χ4n) is 1.93. The molecule has 5 nitrogen and oxygen atoms in total. The van der Waals surface area contributed by atoms with E-state index in [0.29, 0.717) is 38.6 Å². The van der Waals surface area contributed by atoms with E-state index < -0.39 is 12.7 Å². The molecule has 0 spiro atoms. The molecule has 9 heteroatoms. The van der Waals surface area contributed by atoms with Gasteiger partial charge in [-0.3, -0.25) is 9.88 Å². The van der Waals surface area contributed by atoms with Gasteiger partial charge in [-0.2, -0.15) is 13.2 Å². The van der Waals surface area contributed by atoms with Crippen molar-refractivity contribution in [1.29, 1.82) is 0 Å². The molecule has 0 aliphatic carbocycles. The Balaban J connectivity index is 0.00000529. The van der Waals surface area contributed by atoms with Crippen molar-refractivity contribution in [1.82, 2.24) is 20.5 Å². The van der Waals surface area contributed by atoms with E-state index >= 15 is 0 Å². The highest BCUT2D eigenvalue weighted by molar-refractivity contribution is 14.0. The summed E-state index contributed by atoms with van der Waals surface area (Å²) in [4.78, 5) is 9.85. The van der Waals surface area contributed by atoms with Crippen molar-refractivity contribution in [2.24, 2.45) is 4.99 Å². The number of alkyl halides is 3. The highest BCUT2D eigenvalue weighted by Crippen LogP contribution is 2.15. The third kappa shape index (κ3) is 11.4. The summed E-state index contributed by atoms with van der Waals surface area (Å²) >= 11 is 0. The van der Waals surface area contributed by atoms with Crippen LogP contribution in [0.2, 0.25) is 0 Å². The maximum Gasteiger partial charge on any atom is 0.401 e. The van der Waals surface area contributed by atoms with Gasteiger partial charge in [0, 0.05) is 19.3 Å². The molecule has 0 fully saturated rings. The van der Waals surface area contributed by atoms with E-state index in [1.54, 1.807) is 6.20 Å². The Bertz CT molecular complexity index is 468. The zero-order valence-electron chi connectivity index (χ0n) is 13.9. The molecule has 1 heterocycles. The average molecular weight is 459 g/mol. The molecular weight excluding hydrogens is 434 g/mol. The second-order valence-corrected chi connectivity index (χ2v) is 5.15. The fraction of sp³-hybridized carbons (Fsp3) is 0.600. The molecule has 138 valence electrons. The lowest BCUT2D eigenvalue weighted by Gasteiger charge is -2.18. The summed E-state index contributed by atoms with van der Waals surface area (Å²) < 4.78 is 36.6. The summed E-state index contributed by atoms with van der Waals surface area (Å²) in [5.41, 5.74) is 0.856. The first kappa shape index (κ1) is 22.9. The summed E-state index contributed by atoms with van der Waals surface area (Å²) in [6.45, 7) is 3.14. The third-order valence-electron chi connectivity index (χ3n) is 2.93. The minimum absolute atomic E-state index is 0. The van der Waals surface area contributed by atoms with Crippen molar-refractivity contribution in [3.05, 3.63) is 30.1 Å². The molecule has 1 aromatic rings. The van der Waals surface area contributed by atoms with E-state index in [9.17, 15) is 13.2 Å². The van der Waals surface area contributed by atoms with Gasteiger partial charge < -0.3 is 10.6 Å². The molecule has 0 saturated carbocycles. The second kappa shape index (κ2) is 12.3. The number of guanidine groups is 1. The maximum atomic E-state index is 12.2. The van der Waals surface area contributed by atoms with E-state index in [1.165, 1.54) is 11.9 Å². The predicted molar refractivity (Wildman–Crippen MR) is 101 cm³/mol. The molecule has 0 aliphatic heterocycles. The van der Waals surface area contributed by atoms with E-state index in [4.69, 9.17) is 0 Å². The Morgan fingerprint density at radius 1 is 1.29 bits per heavy atom. The minimum atomic E-state index is -4.15. The average Bonchev–Trinajstić information content (AvgIpc) is 2.48. The number of rotatable bonds is 8. The zero-order valence-corrected chi connectivity index (χ0v) is 16.3. The molecular formula is C15H25F3IN5. The zero-order chi connectivity index (χ0) is 17.1. The van der Waals surface area contributed by atoms with Gasteiger partial charge in [0.25, 0.3) is 0 Å². The molecule has 24 heavy (non-hydrogen) atoms. The van der Waals surface area contributed by atoms with Crippen LogP contribution in [0.3, 0.4) is 0 Å². The number of nitrogens with one attached hydrogen (secondary N) is 2. The third-order valence-corrected chi connectivity index (χ3v) is 2.93. The molecule has 1 aromatic heterocycles. The van der Waals surface area contributed by atoms with Crippen molar-refractivity contribution in [3.63, 3.8) is 0 Å². The van der Waals surface area contributed by atoms with Crippen LogP contribution < -0.4 is 10.6 Å². The van der Waals surface area contributed by atoms with Gasteiger partial charge in [0.05, 0.1) is 18.8 Å². The first-order valence-electron chi connectivity index (χ1n) is 7.58. The van der Waals surface area contributed by atoms with Crippen molar-refractivity contribution in [2.75, 3.05) is 33.2 Å². The van der Waals surface area contributed by atoms with Crippen molar-refractivity contribution < 1.29 is 13.2 Å². The van der Waals surface area contributed by atoms with Crippen LogP contribution >= 0.6 is 24.0 Å². The first-order chi connectivity index (χ1) is 10.9. The number of aliphatic imine (C=N–C) groups is 1. The van der Waals surface area contributed by atoms with E-state index in [0.717, 1.165) is 5.69 Å². The predicted octanol–water partition coefficient (Wildman–Crippen LogP) is 2.64. The highest BCUT2D eigenvalue weighted by atomic mass is 127. The number of nitrogens with zero attached hydrogens (tertiary/aromatic N) is 3. The molecule has 0 aliphatic rings. The summed E-state index contributed by atoms with van der Waals surface area (Å²) in [6.07, 6.45) is -1.84. The van der Waals surface area contributed by atoms with Gasteiger partial charge in [0.2, 0.25) is 0 Å². The standard InChI is InChI=1S/C15H24F3N5.HI/c1-3-19-14(22-11-13-7-4-5-8-20-13)21-9-6-10-23(2)12-15(16,17)18;/h4-5,7-8H,3,6,9-12H2,1-2H3,(H2,19,21,22);1H. The van der Waals surface area contributed by atoms with Crippen LogP contribution in [-0.4, -0.2) is 55.2 Å². The van der Waals surface area contributed by atoms with E-state index in [2.05, 4.69) is 20.6 Å². The van der Waals surface area contributed by atoms with Crippen LogP contribution in [0, 0.1) is 0 Å². The molecule has 0 aromatic carbocycles. The molecule has 1 rings (SSSR count). The Hall–Kier alpha value is -1.10. The number of hydrogen-bond acceptors (Lipinski definition) is 3. The van der Waals surface area contributed by atoms with Gasteiger partial charge in [0.1, 0.15) is 0 Å². The Kier molecular flexibility index (Phi) is 11.7. The van der Waals surface area contributed by atoms with E-state index in [-0.39, 0.29) is 24.0 Å². The summed E-state index contributed by atoms with van der Waals surface area (Å²) in [6, 6.07) is 5.63. The quantitative estimate of drug-likeness (QED) is 0.272. The number of pyridine rings is 1. The SMILES string of the molecule is CCNC(=NCc1ccccn1)NCCCN(C)CC(F)(F)F.I. The molecule has 0 bridgehead atoms. The van der Waals surface area contributed by atoms with Gasteiger partial charge in [-0.1, -0.05) is 6.07 Å². The topological polar surface area (TPSA) is 52.6 Å². The van der Waals surface area contributed by atoms with Gasteiger partial charge in [0.15, 0.2) is 5.96 Å². The molecule has 0 unspecified atom stereocenters. The van der Waals surface area contributed by atoms with E-state index in [1.807, 2.05) is 25.1 Å². The lowest BCUT2D eigenvalue weighted by Crippen LogP contribution is -2.39. The summed E-state index contributed by atoms with van der Waals surface area (Å²) in [5.74, 6) is 0.636. The summed E-state index contributed by atoms with van der Waals surface area (Å²) in [7, 11) is 1.47. The monoisotopic (exact) mass is 459 g/mol. The summed E-state index contributed by atoms with van der Waals surface area (Å²) in [5, 5.41) is 6.21. The molecule has 2 N–H and O–H groups in total. The normalized spacial score (nSPS) is 12.0. The molecule has 0 radical (unpaired) electrons. The van der Waals surface area contributed by atoms with Crippen LogP contribution in [0.1, 0.15) is 19.0 Å². The smallest absolute Gasteiger partial charge is 0.357 e. The Labute approximate surface area is 158 Å². The second-order valence-electron chi connectivity index (χ2n) is 5.15. The number of halogens is 4. The van der Waals surface area contributed by atoms with Crippen LogP contribution in [-0.2, 0) is 6.54 Å². The van der Waals surface area contributed by atoms with Crippen molar-refractivity contribution in [3.8, 4) is 0 Å². The number of hydrogen-bond donors (Lipinski definition) is 2. The number of aromatic nitrogens is 1. The van der Waals surface area contributed by atoms with Gasteiger partial charge >= 0.3 is 6.18 Å². The largest absolute Gasteiger partial charge is 0.401 e. The van der Waals surface area contributed by atoms with Crippen molar-refractivity contribution >= 4 is 29.9 Å². The Morgan fingerprint density at radius 3 is 2.62 bits per heavy atom. The van der Waals surface area contributed by atoms with Crippen LogP contribution in [0.5, 0.6) is 0 Å². The first-order valence-corrected chi connectivity index (χ1v) is 7.58. The van der Waals surface area contributed by atoms with Gasteiger partial charge in [-0.25, -0.2) is 4.99 Å².